The zero-order chi connectivity index (χ0) is 21.1. The normalized spacial score (nSPS) is 15.3. The van der Waals surface area contributed by atoms with E-state index in [0.29, 0.717) is 28.0 Å². The number of amides is 2. The number of carbonyl (C=O) groups is 3. The van der Waals surface area contributed by atoms with E-state index < -0.39 is 23.7 Å². The van der Waals surface area contributed by atoms with Gasteiger partial charge in [-0.3, -0.25) is 19.3 Å². The SMILES string of the molecule is O=C(O)CN1C(=O)S/C(=C/c2cc(I)c(OCc3ccc(F)cc3)c(I)c2)C1=O. The van der Waals surface area contributed by atoms with Gasteiger partial charge in [-0.15, -0.1) is 0 Å². The average Bonchev–Trinajstić information content (AvgIpc) is 2.89. The largest absolute Gasteiger partial charge is 0.487 e. The average molecular weight is 639 g/mol. The highest BCUT2D eigenvalue weighted by Crippen LogP contribution is 2.35. The molecule has 1 heterocycles. The summed E-state index contributed by atoms with van der Waals surface area (Å²) < 4.78 is 20.5. The van der Waals surface area contributed by atoms with Gasteiger partial charge in [0.1, 0.15) is 24.7 Å². The van der Waals surface area contributed by atoms with Gasteiger partial charge >= 0.3 is 5.97 Å². The Hall–Kier alpha value is -1.67. The number of carboxylic acid groups (broad SMARTS) is 1. The van der Waals surface area contributed by atoms with Crippen molar-refractivity contribution in [1.29, 1.82) is 0 Å². The molecule has 10 heteroatoms. The summed E-state index contributed by atoms with van der Waals surface area (Å²) in [5.74, 6) is -1.52. The quantitative estimate of drug-likeness (QED) is 0.364. The van der Waals surface area contributed by atoms with Crippen molar-refractivity contribution in [1.82, 2.24) is 4.90 Å². The first-order chi connectivity index (χ1) is 13.7. The van der Waals surface area contributed by atoms with Crippen LogP contribution in [-0.2, 0) is 16.2 Å². The van der Waals surface area contributed by atoms with Crippen molar-refractivity contribution in [2.75, 3.05) is 6.54 Å². The summed E-state index contributed by atoms with van der Waals surface area (Å²) in [6.07, 6.45) is 1.56. The lowest BCUT2D eigenvalue weighted by molar-refractivity contribution is -0.140. The smallest absolute Gasteiger partial charge is 0.323 e. The molecule has 0 aromatic heterocycles. The minimum atomic E-state index is -1.25. The second-order valence-electron chi connectivity index (χ2n) is 5.89. The fraction of sp³-hybridized carbons (Fsp3) is 0.105. The highest BCUT2D eigenvalue weighted by molar-refractivity contribution is 14.1. The first kappa shape index (κ1) is 22.0. The molecule has 150 valence electrons. The fourth-order valence-corrected chi connectivity index (χ4v) is 5.43. The molecule has 0 aliphatic carbocycles. The van der Waals surface area contributed by atoms with Crippen molar-refractivity contribution in [3.8, 4) is 5.75 Å². The van der Waals surface area contributed by atoms with Crippen molar-refractivity contribution in [3.63, 3.8) is 0 Å². The number of ether oxygens (including phenoxy) is 1. The predicted molar refractivity (Wildman–Crippen MR) is 123 cm³/mol. The van der Waals surface area contributed by atoms with Crippen molar-refractivity contribution in [2.45, 2.75) is 6.61 Å². The lowest BCUT2D eigenvalue weighted by Gasteiger charge is -2.12. The van der Waals surface area contributed by atoms with E-state index in [4.69, 9.17) is 9.84 Å². The Morgan fingerprint density at radius 3 is 2.38 bits per heavy atom. The summed E-state index contributed by atoms with van der Waals surface area (Å²) in [5.41, 5.74) is 1.52. The number of imide groups is 1. The molecule has 0 saturated carbocycles. The van der Waals surface area contributed by atoms with Gasteiger partial charge in [-0.25, -0.2) is 4.39 Å². The molecule has 0 bridgehead atoms. The molecule has 1 saturated heterocycles. The minimum Gasteiger partial charge on any atom is -0.487 e. The van der Waals surface area contributed by atoms with Gasteiger partial charge in [0, 0.05) is 0 Å². The number of hydrogen-bond acceptors (Lipinski definition) is 5. The van der Waals surface area contributed by atoms with Crippen molar-refractivity contribution in [2.24, 2.45) is 0 Å². The van der Waals surface area contributed by atoms with E-state index in [1.807, 2.05) is 0 Å². The standard InChI is InChI=1S/C19H12FI2NO5S/c20-12-3-1-10(2-4-12)9-28-17-13(21)5-11(6-14(17)22)7-15-18(26)23(8-16(24)25)19(27)29-15/h1-7H,8-9H2,(H,24,25)/b15-7+. The third-order valence-electron chi connectivity index (χ3n) is 3.78. The summed E-state index contributed by atoms with van der Waals surface area (Å²) in [6.45, 7) is -0.382. The Labute approximate surface area is 196 Å². The molecular formula is C19H12FI2NO5S. The third-order valence-corrected chi connectivity index (χ3v) is 6.29. The van der Waals surface area contributed by atoms with Gasteiger partial charge in [0.15, 0.2) is 0 Å². The topological polar surface area (TPSA) is 83.9 Å². The van der Waals surface area contributed by atoms with Crippen molar-refractivity contribution < 1.29 is 28.6 Å². The first-order valence-corrected chi connectivity index (χ1v) is 11.1. The van der Waals surface area contributed by atoms with Gasteiger partial charge in [-0.2, -0.15) is 0 Å². The number of carbonyl (C=O) groups excluding carboxylic acids is 2. The summed E-state index contributed by atoms with van der Waals surface area (Å²) in [5, 5.41) is 8.22. The molecule has 1 aliphatic heterocycles. The van der Waals surface area contributed by atoms with Crippen LogP contribution >= 0.6 is 56.9 Å². The number of rotatable bonds is 6. The Balaban J connectivity index is 1.77. The molecule has 3 rings (SSSR count). The van der Waals surface area contributed by atoms with E-state index >= 15 is 0 Å². The van der Waals surface area contributed by atoms with Crippen molar-refractivity contribution >= 4 is 80.1 Å². The van der Waals surface area contributed by atoms with Crippen LogP contribution in [0, 0.1) is 13.0 Å². The van der Waals surface area contributed by atoms with Crippen LogP contribution in [0.4, 0.5) is 9.18 Å². The van der Waals surface area contributed by atoms with Gasteiger partial charge in [0.25, 0.3) is 11.1 Å². The van der Waals surface area contributed by atoms with E-state index in [0.717, 1.165) is 12.7 Å². The van der Waals surface area contributed by atoms with Crippen LogP contribution in [0.1, 0.15) is 11.1 Å². The molecule has 29 heavy (non-hydrogen) atoms. The van der Waals surface area contributed by atoms with Gasteiger partial charge in [0.2, 0.25) is 0 Å². The van der Waals surface area contributed by atoms with E-state index in [1.54, 1.807) is 30.3 Å². The summed E-state index contributed by atoms with van der Waals surface area (Å²) in [6, 6.07) is 9.64. The number of carboxylic acids is 1. The number of nitrogens with zero attached hydrogens (tertiary/aromatic N) is 1. The Kier molecular flexibility index (Phi) is 7.16. The molecular weight excluding hydrogens is 627 g/mol. The van der Waals surface area contributed by atoms with Crippen LogP contribution in [0.3, 0.4) is 0 Å². The lowest BCUT2D eigenvalue weighted by atomic mass is 10.2. The van der Waals surface area contributed by atoms with Crippen LogP contribution in [0.25, 0.3) is 6.08 Å². The molecule has 2 aromatic rings. The van der Waals surface area contributed by atoms with Crippen LogP contribution in [0.2, 0.25) is 0 Å². The Morgan fingerprint density at radius 1 is 1.17 bits per heavy atom. The molecule has 2 amide bonds. The van der Waals surface area contributed by atoms with Gasteiger partial charge in [-0.1, -0.05) is 12.1 Å². The second kappa shape index (κ2) is 9.43. The van der Waals surface area contributed by atoms with Crippen molar-refractivity contribution in [3.05, 3.63) is 65.4 Å². The summed E-state index contributed by atoms with van der Waals surface area (Å²) in [7, 11) is 0. The molecule has 1 N–H and O–H groups in total. The zero-order valence-corrected chi connectivity index (χ0v) is 19.7. The maximum absolute atomic E-state index is 13.0. The minimum absolute atomic E-state index is 0.169. The van der Waals surface area contributed by atoms with Gasteiger partial charge in [0.05, 0.1) is 12.0 Å². The maximum atomic E-state index is 13.0. The molecule has 0 unspecified atom stereocenters. The van der Waals surface area contributed by atoms with E-state index in [2.05, 4.69) is 45.2 Å². The highest BCUT2D eigenvalue weighted by Gasteiger charge is 2.36. The zero-order valence-electron chi connectivity index (χ0n) is 14.5. The maximum Gasteiger partial charge on any atom is 0.323 e. The van der Waals surface area contributed by atoms with E-state index in [-0.39, 0.29) is 17.3 Å². The Morgan fingerprint density at radius 2 is 1.79 bits per heavy atom. The Bertz CT molecular complexity index is 1000. The lowest BCUT2D eigenvalue weighted by Crippen LogP contribution is -2.33. The molecule has 0 atom stereocenters. The number of aliphatic carboxylic acids is 1. The molecule has 1 aliphatic rings. The fourth-order valence-electron chi connectivity index (χ4n) is 2.46. The second-order valence-corrected chi connectivity index (χ2v) is 9.21. The molecule has 2 aromatic carbocycles. The molecule has 0 spiro atoms. The highest BCUT2D eigenvalue weighted by atomic mass is 127. The van der Waals surface area contributed by atoms with Gasteiger partial charge < -0.3 is 9.84 Å². The van der Waals surface area contributed by atoms with Gasteiger partial charge in [-0.05, 0) is 98.4 Å². The number of hydrogen-bond donors (Lipinski definition) is 1. The van der Waals surface area contributed by atoms with Crippen LogP contribution in [-0.4, -0.2) is 33.7 Å². The summed E-state index contributed by atoms with van der Waals surface area (Å²) in [4.78, 5) is 35.8. The third kappa shape index (κ3) is 5.48. The molecule has 6 nitrogen and oxygen atoms in total. The number of benzene rings is 2. The molecule has 1 fully saturated rings. The molecule has 0 radical (unpaired) electrons. The monoisotopic (exact) mass is 639 g/mol. The number of halogens is 3. The van der Waals surface area contributed by atoms with Crippen LogP contribution in [0.15, 0.2) is 41.3 Å². The summed E-state index contributed by atoms with van der Waals surface area (Å²) >= 11 is 4.93. The van der Waals surface area contributed by atoms with Crippen LogP contribution < -0.4 is 4.74 Å². The van der Waals surface area contributed by atoms with E-state index in [1.165, 1.54) is 12.1 Å². The number of thioether (sulfide) groups is 1. The first-order valence-electron chi connectivity index (χ1n) is 8.08. The van der Waals surface area contributed by atoms with Crippen LogP contribution in [0.5, 0.6) is 5.75 Å². The predicted octanol–water partition coefficient (Wildman–Crippen LogP) is 4.73. The van der Waals surface area contributed by atoms with E-state index in [9.17, 15) is 18.8 Å².